The smallest absolute Gasteiger partial charge is 0.335 e. The van der Waals surface area contributed by atoms with Crippen LogP contribution in [0.3, 0.4) is 0 Å². The van der Waals surface area contributed by atoms with E-state index in [2.05, 4.69) is 0 Å². The number of aryl methyl sites for hydroxylation is 1. The van der Waals surface area contributed by atoms with Crippen molar-refractivity contribution in [3.8, 4) is 5.75 Å². The SMILES string of the molecule is CCOC1C(=O)N(C(=C=O)C(=O)N(c2ccc(OC)cc2)c2cc(C)ccc2Cl)C(=O)N1Cc1ccccc1. The van der Waals surface area contributed by atoms with Crippen molar-refractivity contribution in [1.82, 2.24) is 9.80 Å². The number of anilines is 2. The summed E-state index contributed by atoms with van der Waals surface area (Å²) in [6, 6.07) is 19.6. The zero-order chi connectivity index (χ0) is 28.1. The highest BCUT2D eigenvalue weighted by molar-refractivity contribution is 6.35. The number of nitrogens with zero attached hydrogens (tertiary/aromatic N) is 3. The zero-order valence-corrected chi connectivity index (χ0v) is 22.3. The third kappa shape index (κ3) is 5.56. The van der Waals surface area contributed by atoms with E-state index < -0.39 is 29.8 Å². The van der Waals surface area contributed by atoms with Gasteiger partial charge in [0.1, 0.15) is 5.75 Å². The fraction of sp³-hybridized carbons (Fsp3) is 0.207. The van der Waals surface area contributed by atoms with E-state index in [0.717, 1.165) is 16.0 Å². The topological polar surface area (TPSA) is 96.5 Å². The van der Waals surface area contributed by atoms with Crippen LogP contribution in [0.5, 0.6) is 5.75 Å². The lowest BCUT2D eigenvalue weighted by atomic mass is 10.1. The van der Waals surface area contributed by atoms with Gasteiger partial charge >= 0.3 is 6.03 Å². The predicted molar refractivity (Wildman–Crippen MR) is 145 cm³/mol. The minimum Gasteiger partial charge on any atom is -0.497 e. The van der Waals surface area contributed by atoms with E-state index in [-0.39, 0.29) is 23.9 Å². The molecule has 0 saturated carbocycles. The number of benzene rings is 3. The Balaban J connectivity index is 1.77. The predicted octanol–water partition coefficient (Wildman–Crippen LogP) is 4.86. The van der Waals surface area contributed by atoms with Crippen LogP contribution in [-0.2, 0) is 25.7 Å². The highest BCUT2D eigenvalue weighted by atomic mass is 35.5. The van der Waals surface area contributed by atoms with Gasteiger partial charge in [-0.25, -0.2) is 14.5 Å². The molecule has 3 aromatic carbocycles. The number of carbonyl (C=O) groups excluding carboxylic acids is 4. The zero-order valence-electron chi connectivity index (χ0n) is 21.6. The quantitative estimate of drug-likeness (QED) is 0.215. The van der Waals surface area contributed by atoms with E-state index in [1.807, 2.05) is 13.0 Å². The Morgan fingerprint density at radius 1 is 1.05 bits per heavy atom. The maximum absolute atomic E-state index is 14.0. The molecule has 9 nitrogen and oxygen atoms in total. The Kier molecular flexibility index (Phi) is 8.46. The average Bonchev–Trinajstić information content (AvgIpc) is 3.16. The molecule has 1 saturated heterocycles. The summed E-state index contributed by atoms with van der Waals surface area (Å²) in [5, 5.41) is 0.215. The first kappa shape index (κ1) is 27.6. The molecule has 1 unspecified atom stereocenters. The average molecular weight is 548 g/mol. The van der Waals surface area contributed by atoms with Gasteiger partial charge in [-0.1, -0.05) is 48.0 Å². The van der Waals surface area contributed by atoms with Gasteiger partial charge in [0.15, 0.2) is 5.94 Å². The second-order valence-corrected chi connectivity index (χ2v) is 9.03. The molecule has 1 aliphatic heterocycles. The van der Waals surface area contributed by atoms with Gasteiger partial charge in [0.2, 0.25) is 11.9 Å². The molecule has 3 aromatic rings. The van der Waals surface area contributed by atoms with Crippen molar-refractivity contribution in [3.63, 3.8) is 0 Å². The van der Waals surface area contributed by atoms with Crippen molar-refractivity contribution >= 4 is 46.8 Å². The molecule has 1 fully saturated rings. The Hall–Kier alpha value is -4.43. The van der Waals surface area contributed by atoms with Gasteiger partial charge in [0.05, 0.1) is 24.4 Å². The fourth-order valence-electron chi connectivity index (χ4n) is 4.20. The van der Waals surface area contributed by atoms with Crippen LogP contribution in [0, 0.1) is 6.92 Å². The molecular weight excluding hydrogens is 522 g/mol. The number of amides is 4. The Bertz CT molecular complexity index is 1440. The number of imide groups is 1. The second-order valence-electron chi connectivity index (χ2n) is 8.62. The Morgan fingerprint density at radius 3 is 2.36 bits per heavy atom. The molecule has 0 aromatic heterocycles. The number of hydrogen-bond acceptors (Lipinski definition) is 6. The monoisotopic (exact) mass is 547 g/mol. The number of urea groups is 1. The number of hydrogen-bond donors (Lipinski definition) is 0. The summed E-state index contributed by atoms with van der Waals surface area (Å²) in [7, 11) is 1.50. The minimum atomic E-state index is -1.32. The van der Waals surface area contributed by atoms with Crippen LogP contribution < -0.4 is 9.64 Å². The second kappa shape index (κ2) is 12.0. The van der Waals surface area contributed by atoms with Crippen LogP contribution in [0.2, 0.25) is 5.02 Å². The van der Waals surface area contributed by atoms with Gasteiger partial charge < -0.3 is 9.47 Å². The molecule has 0 radical (unpaired) electrons. The van der Waals surface area contributed by atoms with E-state index in [0.29, 0.717) is 16.3 Å². The van der Waals surface area contributed by atoms with Crippen molar-refractivity contribution in [3.05, 3.63) is 94.6 Å². The van der Waals surface area contributed by atoms with Gasteiger partial charge in [-0.3, -0.25) is 19.4 Å². The first-order chi connectivity index (χ1) is 18.8. The number of methoxy groups -OCH3 is 1. The summed E-state index contributed by atoms with van der Waals surface area (Å²) in [6.07, 6.45) is -1.32. The summed E-state index contributed by atoms with van der Waals surface area (Å²) in [4.78, 5) is 56.2. The first-order valence-corrected chi connectivity index (χ1v) is 12.5. The Morgan fingerprint density at radius 2 is 1.74 bits per heavy atom. The highest BCUT2D eigenvalue weighted by Gasteiger charge is 2.50. The maximum Gasteiger partial charge on any atom is 0.335 e. The Labute approximate surface area is 230 Å². The van der Waals surface area contributed by atoms with Gasteiger partial charge in [0, 0.05) is 12.3 Å². The molecule has 1 atom stereocenters. The van der Waals surface area contributed by atoms with Crippen LogP contribution in [0.4, 0.5) is 16.2 Å². The molecule has 4 amide bonds. The van der Waals surface area contributed by atoms with Gasteiger partial charge in [-0.05, 0) is 61.4 Å². The van der Waals surface area contributed by atoms with Crippen LogP contribution in [-0.4, -0.2) is 53.5 Å². The molecule has 1 heterocycles. The molecular formula is C29H26ClN3O6. The lowest BCUT2D eigenvalue weighted by molar-refractivity contribution is -0.141. The highest BCUT2D eigenvalue weighted by Crippen LogP contribution is 2.36. The van der Waals surface area contributed by atoms with E-state index in [1.165, 1.54) is 18.0 Å². The molecule has 0 spiro atoms. The minimum absolute atomic E-state index is 0.0266. The molecule has 4 rings (SSSR count). The standard InChI is InChI=1S/C29H26ClN3O6/c1-4-39-28-27(36)33(29(37)31(28)17-20-8-6-5-7-9-20)25(18-34)26(35)32(21-11-13-22(38-3)14-12-21)24-16-19(2)10-15-23(24)30/h5-16,28H,4,17H2,1-3H3. The number of ether oxygens (including phenoxy) is 2. The van der Waals surface area contributed by atoms with Crippen LogP contribution in [0.25, 0.3) is 0 Å². The maximum atomic E-state index is 14.0. The largest absolute Gasteiger partial charge is 0.497 e. The summed E-state index contributed by atoms with van der Waals surface area (Å²) >= 11 is 6.48. The van der Waals surface area contributed by atoms with Crippen molar-refractivity contribution < 1.29 is 28.7 Å². The summed E-state index contributed by atoms with van der Waals surface area (Å²) in [5.41, 5.74) is 1.30. The van der Waals surface area contributed by atoms with Crippen LogP contribution in [0.15, 0.2) is 78.5 Å². The summed E-state index contributed by atoms with van der Waals surface area (Å²) in [5.74, 6) is 0.236. The van der Waals surface area contributed by atoms with E-state index in [4.69, 9.17) is 21.1 Å². The molecule has 1 aliphatic rings. The molecule has 0 aliphatic carbocycles. The number of carbonyl (C=O) groups is 3. The summed E-state index contributed by atoms with van der Waals surface area (Å²) < 4.78 is 10.8. The van der Waals surface area contributed by atoms with Crippen LogP contribution in [0.1, 0.15) is 18.1 Å². The third-order valence-electron chi connectivity index (χ3n) is 6.07. The van der Waals surface area contributed by atoms with E-state index in [1.54, 1.807) is 73.7 Å². The van der Waals surface area contributed by atoms with Crippen molar-refractivity contribution in [2.75, 3.05) is 18.6 Å². The van der Waals surface area contributed by atoms with Crippen molar-refractivity contribution in [2.24, 2.45) is 0 Å². The molecule has 200 valence electrons. The van der Waals surface area contributed by atoms with Crippen LogP contribution >= 0.6 is 11.6 Å². The fourth-order valence-corrected chi connectivity index (χ4v) is 4.41. The summed E-state index contributed by atoms with van der Waals surface area (Å²) in [6.45, 7) is 3.63. The lowest BCUT2D eigenvalue weighted by Crippen LogP contribution is -2.40. The first-order valence-electron chi connectivity index (χ1n) is 12.1. The van der Waals surface area contributed by atoms with Gasteiger partial charge in [0.25, 0.3) is 11.8 Å². The van der Waals surface area contributed by atoms with E-state index >= 15 is 0 Å². The number of rotatable bonds is 9. The van der Waals surface area contributed by atoms with Crippen molar-refractivity contribution in [2.45, 2.75) is 26.6 Å². The van der Waals surface area contributed by atoms with Crippen molar-refractivity contribution in [1.29, 1.82) is 0 Å². The molecule has 0 N–H and O–H groups in total. The lowest BCUT2D eigenvalue weighted by Gasteiger charge is -2.26. The van der Waals surface area contributed by atoms with Gasteiger partial charge in [-0.15, -0.1) is 0 Å². The molecule has 10 heteroatoms. The number of halogens is 1. The molecule has 39 heavy (non-hydrogen) atoms. The third-order valence-corrected chi connectivity index (χ3v) is 6.39. The van der Waals surface area contributed by atoms with Gasteiger partial charge in [-0.2, -0.15) is 0 Å². The molecule has 0 bridgehead atoms. The van der Waals surface area contributed by atoms with E-state index in [9.17, 15) is 19.2 Å². The normalized spacial score (nSPS) is 14.8.